The lowest BCUT2D eigenvalue weighted by Crippen LogP contribution is -2.30. The molecule has 0 aromatic heterocycles. The van der Waals surface area contributed by atoms with Crippen molar-refractivity contribution in [2.24, 2.45) is 5.92 Å². The van der Waals surface area contributed by atoms with Crippen molar-refractivity contribution >= 4 is 12.3 Å². The van der Waals surface area contributed by atoms with E-state index in [0.717, 1.165) is 0 Å². The standard InChI is InChI=1S/C8H10O4/c1-2-6(10)8-5(4-9)3-7(11)12-8/h2,4-6,8,10H,1,3H2. The number of aliphatic hydroxyl groups is 1. The van der Waals surface area contributed by atoms with Crippen LogP contribution in [0, 0.1) is 5.92 Å². The molecule has 0 aromatic rings. The highest BCUT2D eigenvalue weighted by Crippen LogP contribution is 2.23. The lowest BCUT2D eigenvalue weighted by molar-refractivity contribution is -0.144. The Hall–Kier alpha value is -1.16. The van der Waals surface area contributed by atoms with Crippen LogP contribution in [0.15, 0.2) is 12.7 Å². The van der Waals surface area contributed by atoms with Gasteiger partial charge in [-0.15, -0.1) is 6.58 Å². The summed E-state index contributed by atoms with van der Waals surface area (Å²) in [7, 11) is 0. The predicted octanol–water partition coefficient (Wildman–Crippen LogP) is -0.336. The topological polar surface area (TPSA) is 63.6 Å². The SMILES string of the molecule is C=CC(O)C1OC(=O)CC1C=O. The van der Waals surface area contributed by atoms with Gasteiger partial charge in [0, 0.05) is 0 Å². The van der Waals surface area contributed by atoms with Crippen molar-refractivity contribution in [1.29, 1.82) is 0 Å². The van der Waals surface area contributed by atoms with Crippen LogP contribution in [0.4, 0.5) is 0 Å². The highest BCUT2D eigenvalue weighted by Gasteiger charge is 2.38. The van der Waals surface area contributed by atoms with Gasteiger partial charge in [0.1, 0.15) is 18.5 Å². The second-order valence-electron chi connectivity index (χ2n) is 2.68. The van der Waals surface area contributed by atoms with Crippen LogP contribution in [0.2, 0.25) is 0 Å². The van der Waals surface area contributed by atoms with Gasteiger partial charge in [0.25, 0.3) is 0 Å². The zero-order valence-corrected chi connectivity index (χ0v) is 6.47. The molecule has 4 nitrogen and oxygen atoms in total. The number of hydrogen-bond donors (Lipinski definition) is 1. The number of carbonyl (C=O) groups excluding carboxylic acids is 2. The van der Waals surface area contributed by atoms with E-state index < -0.39 is 24.1 Å². The van der Waals surface area contributed by atoms with Crippen molar-refractivity contribution in [1.82, 2.24) is 0 Å². The molecule has 4 heteroatoms. The molecule has 1 saturated heterocycles. The molecule has 1 rings (SSSR count). The van der Waals surface area contributed by atoms with E-state index in [-0.39, 0.29) is 6.42 Å². The van der Waals surface area contributed by atoms with Crippen molar-refractivity contribution in [3.8, 4) is 0 Å². The second kappa shape index (κ2) is 3.49. The van der Waals surface area contributed by atoms with Crippen LogP contribution in [0.25, 0.3) is 0 Å². The number of aliphatic hydroxyl groups excluding tert-OH is 1. The molecule has 1 heterocycles. The van der Waals surface area contributed by atoms with E-state index in [9.17, 15) is 14.7 Å². The minimum atomic E-state index is -0.952. The van der Waals surface area contributed by atoms with E-state index in [1.165, 1.54) is 6.08 Å². The van der Waals surface area contributed by atoms with Crippen molar-refractivity contribution in [3.63, 3.8) is 0 Å². The van der Waals surface area contributed by atoms with E-state index in [0.29, 0.717) is 6.29 Å². The summed E-state index contributed by atoms with van der Waals surface area (Å²) in [6.07, 6.45) is 0.236. The molecule has 0 spiro atoms. The molecule has 3 unspecified atom stereocenters. The molecule has 0 aliphatic carbocycles. The van der Waals surface area contributed by atoms with Crippen LogP contribution in [-0.4, -0.2) is 29.6 Å². The number of aldehydes is 1. The first-order chi connectivity index (χ1) is 5.69. The summed E-state index contributed by atoms with van der Waals surface area (Å²) in [6.45, 7) is 3.34. The summed E-state index contributed by atoms with van der Waals surface area (Å²) in [5.74, 6) is -0.983. The molecular formula is C8H10O4. The first kappa shape index (κ1) is 8.93. The van der Waals surface area contributed by atoms with E-state index in [1.54, 1.807) is 0 Å². The Morgan fingerprint density at radius 2 is 2.42 bits per heavy atom. The van der Waals surface area contributed by atoms with E-state index in [1.807, 2.05) is 0 Å². The summed E-state index contributed by atoms with van der Waals surface area (Å²) in [5.41, 5.74) is 0. The van der Waals surface area contributed by atoms with Crippen LogP contribution >= 0.6 is 0 Å². The number of cyclic esters (lactones) is 1. The fraction of sp³-hybridized carbons (Fsp3) is 0.500. The highest BCUT2D eigenvalue weighted by molar-refractivity contribution is 5.77. The number of carbonyl (C=O) groups is 2. The van der Waals surface area contributed by atoms with Crippen LogP contribution in [0.1, 0.15) is 6.42 Å². The number of rotatable bonds is 3. The zero-order chi connectivity index (χ0) is 9.14. The van der Waals surface area contributed by atoms with E-state index in [2.05, 4.69) is 6.58 Å². The summed E-state index contributed by atoms with van der Waals surface area (Å²) in [5, 5.41) is 9.22. The Bertz CT molecular complexity index is 211. The molecule has 0 bridgehead atoms. The highest BCUT2D eigenvalue weighted by atomic mass is 16.6. The predicted molar refractivity (Wildman–Crippen MR) is 40.3 cm³/mol. The maximum atomic E-state index is 10.7. The van der Waals surface area contributed by atoms with E-state index in [4.69, 9.17) is 4.74 Å². The lowest BCUT2D eigenvalue weighted by atomic mass is 9.99. The van der Waals surface area contributed by atoms with Gasteiger partial charge in [-0.3, -0.25) is 4.79 Å². The van der Waals surface area contributed by atoms with Crippen LogP contribution in [0.3, 0.4) is 0 Å². The summed E-state index contributed by atoms with van der Waals surface area (Å²) >= 11 is 0. The Morgan fingerprint density at radius 3 is 2.92 bits per heavy atom. The Labute approximate surface area is 69.8 Å². The Morgan fingerprint density at radius 1 is 1.75 bits per heavy atom. The van der Waals surface area contributed by atoms with Gasteiger partial charge >= 0.3 is 5.97 Å². The van der Waals surface area contributed by atoms with Crippen LogP contribution < -0.4 is 0 Å². The molecule has 1 fully saturated rings. The third kappa shape index (κ3) is 1.53. The third-order valence-corrected chi connectivity index (χ3v) is 1.84. The third-order valence-electron chi connectivity index (χ3n) is 1.84. The summed E-state index contributed by atoms with van der Waals surface area (Å²) < 4.78 is 4.73. The fourth-order valence-corrected chi connectivity index (χ4v) is 1.18. The maximum Gasteiger partial charge on any atom is 0.307 e. The van der Waals surface area contributed by atoms with Crippen LogP contribution in [-0.2, 0) is 14.3 Å². The first-order valence-corrected chi connectivity index (χ1v) is 3.64. The van der Waals surface area contributed by atoms with Gasteiger partial charge in [-0.2, -0.15) is 0 Å². The molecule has 1 aliphatic heterocycles. The molecule has 0 radical (unpaired) electrons. The monoisotopic (exact) mass is 170 g/mol. The van der Waals surface area contributed by atoms with Gasteiger partial charge in [0.05, 0.1) is 12.3 Å². The molecule has 3 atom stereocenters. The number of hydrogen-bond acceptors (Lipinski definition) is 4. The van der Waals surface area contributed by atoms with Gasteiger partial charge in [-0.1, -0.05) is 6.08 Å². The van der Waals surface area contributed by atoms with Gasteiger partial charge < -0.3 is 14.6 Å². The Kier molecular flexibility index (Phi) is 2.60. The average Bonchev–Trinajstić information content (AvgIpc) is 2.45. The van der Waals surface area contributed by atoms with Crippen molar-refractivity contribution < 1.29 is 19.4 Å². The van der Waals surface area contributed by atoms with E-state index >= 15 is 0 Å². The molecule has 1 N–H and O–H groups in total. The van der Waals surface area contributed by atoms with Crippen molar-refractivity contribution in [3.05, 3.63) is 12.7 Å². The Balaban J connectivity index is 2.68. The zero-order valence-electron chi connectivity index (χ0n) is 6.47. The second-order valence-corrected chi connectivity index (χ2v) is 2.68. The summed E-state index contributed by atoms with van der Waals surface area (Å²) in [4.78, 5) is 21.1. The fourth-order valence-electron chi connectivity index (χ4n) is 1.18. The molecule has 0 aromatic carbocycles. The quantitative estimate of drug-likeness (QED) is 0.357. The molecule has 0 saturated carbocycles. The molecular weight excluding hydrogens is 160 g/mol. The van der Waals surface area contributed by atoms with Gasteiger partial charge in [0.2, 0.25) is 0 Å². The van der Waals surface area contributed by atoms with Crippen LogP contribution in [0.5, 0.6) is 0 Å². The molecule has 12 heavy (non-hydrogen) atoms. The molecule has 1 aliphatic rings. The van der Waals surface area contributed by atoms with Gasteiger partial charge in [0.15, 0.2) is 0 Å². The largest absolute Gasteiger partial charge is 0.458 e. The first-order valence-electron chi connectivity index (χ1n) is 3.64. The van der Waals surface area contributed by atoms with Crippen molar-refractivity contribution in [2.75, 3.05) is 0 Å². The van der Waals surface area contributed by atoms with Gasteiger partial charge in [-0.25, -0.2) is 0 Å². The number of esters is 1. The minimum absolute atomic E-state index is 0.0546. The lowest BCUT2D eigenvalue weighted by Gasteiger charge is -2.15. The number of ether oxygens (including phenoxy) is 1. The smallest absolute Gasteiger partial charge is 0.307 e. The van der Waals surface area contributed by atoms with Crippen molar-refractivity contribution in [2.45, 2.75) is 18.6 Å². The minimum Gasteiger partial charge on any atom is -0.458 e. The maximum absolute atomic E-state index is 10.7. The summed E-state index contributed by atoms with van der Waals surface area (Å²) in [6, 6.07) is 0. The van der Waals surface area contributed by atoms with Gasteiger partial charge in [-0.05, 0) is 0 Å². The normalized spacial score (nSPS) is 30.9. The molecule has 66 valence electrons. The average molecular weight is 170 g/mol. The molecule has 0 amide bonds.